The van der Waals surface area contributed by atoms with Crippen molar-refractivity contribution in [1.82, 2.24) is 9.62 Å². The molecule has 1 unspecified atom stereocenters. The summed E-state index contributed by atoms with van der Waals surface area (Å²) in [6.07, 6.45) is 6.99. The van der Waals surface area contributed by atoms with Crippen molar-refractivity contribution in [3.05, 3.63) is 94.5 Å². The average molecular weight is 523 g/mol. The maximum atomic E-state index is 13.7. The summed E-state index contributed by atoms with van der Waals surface area (Å²) in [5.74, 6) is -0.350. The van der Waals surface area contributed by atoms with E-state index in [4.69, 9.17) is 4.74 Å². The zero-order chi connectivity index (χ0) is 26.4. The number of amides is 1. The van der Waals surface area contributed by atoms with Gasteiger partial charge in [0.25, 0.3) is 5.91 Å². The van der Waals surface area contributed by atoms with E-state index in [1.165, 1.54) is 18.4 Å². The Balaban J connectivity index is 1.75. The first-order valence-corrected chi connectivity index (χ1v) is 14.4. The molecule has 194 valence electrons. The Labute approximate surface area is 217 Å². The molecule has 1 N–H and O–H groups in total. The number of hydrogen-bond acceptors (Lipinski definition) is 4. The molecule has 1 amide bonds. The fraction of sp³-hybridized carbons (Fsp3) is 0.345. The fourth-order valence-corrected chi connectivity index (χ4v) is 7.08. The topological polar surface area (TPSA) is 75.7 Å². The summed E-state index contributed by atoms with van der Waals surface area (Å²) >= 11 is 0. The van der Waals surface area contributed by atoms with Gasteiger partial charge in [-0.1, -0.05) is 43.2 Å². The van der Waals surface area contributed by atoms with Crippen LogP contribution in [-0.2, 0) is 19.6 Å². The highest BCUT2D eigenvalue weighted by Gasteiger charge is 2.49. The number of nitrogens with zero attached hydrogens (tertiary/aromatic N) is 1. The maximum Gasteiger partial charge on any atom is 0.255 e. The van der Waals surface area contributed by atoms with E-state index in [1.54, 1.807) is 23.5 Å². The second-order valence-electron chi connectivity index (χ2n) is 10.1. The van der Waals surface area contributed by atoms with E-state index in [0.29, 0.717) is 28.2 Å². The quantitative estimate of drug-likeness (QED) is 0.578. The number of hydrogen-bond donors (Lipinski definition) is 1. The van der Waals surface area contributed by atoms with Crippen molar-refractivity contribution in [2.24, 2.45) is 0 Å². The third kappa shape index (κ3) is 4.59. The summed E-state index contributed by atoms with van der Waals surface area (Å²) in [5.41, 5.74) is 2.93. The van der Waals surface area contributed by atoms with Crippen molar-refractivity contribution in [2.75, 3.05) is 13.3 Å². The second-order valence-corrected chi connectivity index (χ2v) is 11.9. The Morgan fingerprint density at radius 3 is 2.30 bits per heavy atom. The highest BCUT2D eigenvalue weighted by atomic mass is 32.2. The van der Waals surface area contributed by atoms with Gasteiger partial charge < -0.3 is 10.1 Å². The minimum absolute atomic E-state index is 0.119. The fourth-order valence-electron chi connectivity index (χ4n) is 5.77. The van der Waals surface area contributed by atoms with Gasteiger partial charge in [0.2, 0.25) is 10.0 Å². The van der Waals surface area contributed by atoms with Crippen LogP contribution in [0.2, 0.25) is 0 Å². The summed E-state index contributed by atoms with van der Waals surface area (Å²) in [7, 11) is -2.04. The molecular weight excluding hydrogens is 491 g/mol. The smallest absolute Gasteiger partial charge is 0.255 e. The number of carbonyl (C=O) groups is 1. The van der Waals surface area contributed by atoms with Gasteiger partial charge in [0.05, 0.1) is 11.8 Å². The molecule has 1 fully saturated rings. The van der Waals surface area contributed by atoms with E-state index >= 15 is 0 Å². The Morgan fingerprint density at radius 1 is 1.05 bits per heavy atom. The number of halogens is 1. The van der Waals surface area contributed by atoms with Gasteiger partial charge in [0.15, 0.2) is 0 Å². The van der Waals surface area contributed by atoms with Crippen LogP contribution >= 0.6 is 0 Å². The van der Waals surface area contributed by atoms with E-state index in [2.05, 4.69) is 5.32 Å². The number of likely N-dealkylation sites (N-methyl/N-ethyl adjacent to an activating group) is 1. The molecule has 0 aromatic heterocycles. The lowest BCUT2D eigenvalue weighted by atomic mass is 9.79. The Kier molecular flexibility index (Phi) is 6.48. The zero-order valence-electron chi connectivity index (χ0n) is 21.3. The molecule has 1 atom stereocenters. The van der Waals surface area contributed by atoms with Crippen LogP contribution in [0.25, 0.3) is 11.3 Å². The molecule has 1 heterocycles. The number of ether oxygens (including phenoxy) is 1. The van der Waals surface area contributed by atoms with Crippen LogP contribution in [0.4, 0.5) is 4.39 Å². The lowest BCUT2D eigenvalue weighted by molar-refractivity contribution is -0.116. The van der Waals surface area contributed by atoms with Crippen molar-refractivity contribution in [3.63, 3.8) is 0 Å². The normalized spacial score (nSPS) is 22.0. The summed E-state index contributed by atoms with van der Waals surface area (Å²) < 4.78 is 48.3. The van der Waals surface area contributed by atoms with Gasteiger partial charge in [-0.05, 0) is 55.7 Å². The van der Waals surface area contributed by atoms with E-state index in [9.17, 15) is 17.6 Å². The molecule has 1 aliphatic heterocycles. The molecule has 2 aromatic carbocycles. The predicted molar refractivity (Wildman–Crippen MR) is 142 cm³/mol. The van der Waals surface area contributed by atoms with Crippen LogP contribution < -0.4 is 5.32 Å². The minimum Gasteiger partial charge on any atom is -0.481 e. The van der Waals surface area contributed by atoms with Crippen molar-refractivity contribution in [2.45, 2.75) is 50.7 Å². The lowest BCUT2D eigenvalue weighted by Gasteiger charge is -2.39. The van der Waals surface area contributed by atoms with Gasteiger partial charge in [-0.2, -0.15) is 0 Å². The van der Waals surface area contributed by atoms with E-state index in [0.717, 1.165) is 36.8 Å². The highest BCUT2D eigenvalue weighted by Crippen LogP contribution is 2.52. The SMILES string of the molecule is CNC(=O)C1=C(c2ccc(F)cc2)OC2(C)CC(N(C3CCCC3)S(C)(=O)=O)=C(c3ccccc3)C=C12. The summed E-state index contributed by atoms with van der Waals surface area (Å²) in [6, 6.07) is 15.4. The van der Waals surface area contributed by atoms with Gasteiger partial charge in [-0.3, -0.25) is 9.10 Å². The maximum absolute atomic E-state index is 13.7. The molecule has 5 rings (SSSR count). The lowest BCUT2D eigenvalue weighted by Crippen LogP contribution is -2.42. The zero-order valence-corrected chi connectivity index (χ0v) is 22.1. The van der Waals surface area contributed by atoms with Crippen LogP contribution in [0.5, 0.6) is 0 Å². The first kappa shape index (κ1) is 25.3. The predicted octanol–water partition coefficient (Wildman–Crippen LogP) is 5.02. The van der Waals surface area contributed by atoms with Gasteiger partial charge in [0, 0.05) is 41.9 Å². The molecule has 37 heavy (non-hydrogen) atoms. The van der Waals surface area contributed by atoms with Gasteiger partial charge in [0.1, 0.15) is 17.2 Å². The molecule has 6 nitrogen and oxygen atoms in total. The summed E-state index contributed by atoms with van der Waals surface area (Å²) in [6.45, 7) is 1.88. The standard InChI is InChI=1S/C29H31FN2O4S/c1-29-18-25(32(37(3,34)35)22-11-7-8-12-22)23(19-9-5-4-6-10-19)17-24(29)26(28(33)31-2)27(36-29)20-13-15-21(30)16-14-20/h4-6,9-10,13-17,22H,7-8,11-12,18H2,1-3H3,(H,31,33). The third-order valence-corrected chi connectivity index (χ3v) is 8.66. The molecule has 0 bridgehead atoms. The van der Waals surface area contributed by atoms with Crippen LogP contribution in [0, 0.1) is 5.82 Å². The molecule has 2 aliphatic carbocycles. The number of rotatable bonds is 6. The van der Waals surface area contributed by atoms with Crippen LogP contribution in [0.1, 0.15) is 50.2 Å². The molecule has 0 radical (unpaired) electrons. The monoisotopic (exact) mass is 522 g/mol. The molecule has 3 aliphatic rings. The molecule has 1 saturated carbocycles. The summed E-state index contributed by atoms with van der Waals surface area (Å²) in [4.78, 5) is 13.2. The first-order valence-electron chi connectivity index (χ1n) is 12.5. The van der Waals surface area contributed by atoms with Crippen LogP contribution in [0.15, 0.2) is 77.5 Å². The number of benzene rings is 2. The van der Waals surface area contributed by atoms with E-state index in [1.807, 2.05) is 43.3 Å². The number of allylic oxidation sites excluding steroid dienone is 2. The molecule has 2 aromatic rings. The number of nitrogens with one attached hydrogen (secondary N) is 1. The molecule has 0 saturated heterocycles. The van der Waals surface area contributed by atoms with Crippen molar-refractivity contribution < 1.29 is 22.3 Å². The second kappa shape index (κ2) is 9.49. The summed E-state index contributed by atoms with van der Waals surface area (Å²) in [5, 5.41) is 2.71. The highest BCUT2D eigenvalue weighted by molar-refractivity contribution is 7.88. The number of fused-ring (bicyclic) bond motifs is 1. The molecule has 8 heteroatoms. The Bertz CT molecular complexity index is 1420. The Hall–Kier alpha value is -3.39. The van der Waals surface area contributed by atoms with Gasteiger partial charge in [-0.25, -0.2) is 12.8 Å². The van der Waals surface area contributed by atoms with E-state index < -0.39 is 15.6 Å². The van der Waals surface area contributed by atoms with E-state index in [-0.39, 0.29) is 24.2 Å². The largest absolute Gasteiger partial charge is 0.481 e. The third-order valence-electron chi connectivity index (χ3n) is 7.42. The van der Waals surface area contributed by atoms with Crippen molar-refractivity contribution in [1.29, 1.82) is 0 Å². The van der Waals surface area contributed by atoms with Gasteiger partial charge >= 0.3 is 0 Å². The van der Waals surface area contributed by atoms with Crippen molar-refractivity contribution in [3.8, 4) is 0 Å². The minimum atomic E-state index is -3.59. The van der Waals surface area contributed by atoms with Crippen LogP contribution in [-0.4, -0.2) is 43.6 Å². The van der Waals surface area contributed by atoms with Gasteiger partial charge in [-0.15, -0.1) is 0 Å². The first-order chi connectivity index (χ1) is 17.6. The molecule has 0 spiro atoms. The number of carbonyl (C=O) groups excluding carboxylic acids is 1. The average Bonchev–Trinajstić information content (AvgIpc) is 3.49. The van der Waals surface area contributed by atoms with Crippen molar-refractivity contribution >= 4 is 27.3 Å². The molecular formula is C29H31FN2O4S. The Morgan fingerprint density at radius 2 is 1.70 bits per heavy atom. The van der Waals surface area contributed by atoms with Crippen LogP contribution in [0.3, 0.4) is 0 Å². The number of sulfonamides is 1.